The van der Waals surface area contributed by atoms with E-state index in [2.05, 4.69) is 15.5 Å². The zero-order valence-electron chi connectivity index (χ0n) is 18.1. The molecule has 4 heterocycles. The Morgan fingerprint density at radius 1 is 1.25 bits per heavy atom. The molecule has 3 atom stereocenters. The van der Waals surface area contributed by atoms with Gasteiger partial charge in [-0.05, 0) is 44.7 Å². The Bertz CT molecular complexity index is 906. The van der Waals surface area contributed by atoms with Gasteiger partial charge in [-0.1, -0.05) is 18.2 Å². The first-order valence-corrected chi connectivity index (χ1v) is 11.3. The second-order valence-corrected chi connectivity index (χ2v) is 8.78. The minimum Gasteiger partial charge on any atom is -0.483 e. The van der Waals surface area contributed by atoms with Crippen LogP contribution in [0.4, 0.5) is 5.69 Å². The topological polar surface area (TPSA) is 119 Å². The van der Waals surface area contributed by atoms with Crippen LogP contribution in [0.2, 0.25) is 0 Å². The second-order valence-electron chi connectivity index (χ2n) is 8.78. The highest BCUT2D eigenvalue weighted by Gasteiger charge is 2.65. The number of nitrogens with one attached hydrogen (secondary N) is 2. The number of carbonyl (C=O) groups excluding carboxylic acids is 3. The van der Waals surface area contributed by atoms with Crippen LogP contribution in [0.15, 0.2) is 24.3 Å². The van der Waals surface area contributed by atoms with E-state index in [1.54, 1.807) is 0 Å². The number of hydrogen-bond acceptors (Lipinski definition) is 5. The highest BCUT2D eigenvalue weighted by molar-refractivity contribution is 6.09. The first kappa shape index (κ1) is 22.3. The summed E-state index contributed by atoms with van der Waals surface area (Å²) in [5.41, 5.74) is 0.889. The minimum absolute atomic E-state index is 0.0426. The van der Waals surface area contributed by atoms with Crippen molar-refractivity contribution in [3.05, 3.63) is 29.8 Å². The molecule has 32 heavy (non-hydrogen) atoms. The van der Waals surface area contributed by atoms with Crippen LogP contribution < -0.4 is 10.6 Å². The molecular formula is C23H30N4O5. The Hall–Kier alpha value is -2.94. The van der Waals surface area contributed by atoms with Gasteiger partial charge in [0, 0.05) is 43.3 Å². The fourth-order valence-corrected chi connectivity index (χ4v) is 5.93. The maximum atomic E-state index is 13.3. The number of hydrogen-bond donors (Lipinski definition) is 3. The minimum atomic E-state index is -0.882. The molecule has 3 amide bonds. The lowest BCUT2D eigenvalue weighted by molar-refractivity contribution is -0.137. The van der Waals surface area contributed by atoms with Gasteiger partial charge in [0.2, 0.25) is 17.7 Å². The zero-order valence-corrected chi connectivity index (χ0v) is 18.1. The molecule has 3 N–H and O–H groups in total. The summed E-state index contributed by atoms with van der Waals surface area (Å²) < 4.78 is 0. The van der Waals surface area contributed by atoms with Crippen LogP contribution in [-0.2, 0) is 24.7 Å². The Balaban J connectivity index is 0.000000775. The molecule has 9 heteroatoms. The lowest BCUT2D eigenvalue weighted by atomic mass is 9.78. The van der Waals surface area contributed by atoms with Crippen molar-refractivity contribution in [2.75, 3.05) is 31.5 Å². The van der Waals surface area contributed by atoms with E-state index >= 15 is 0 Å². The predicted octanol–water partition coefficient (Wildman–Crippen LogP) is 1.15. The fraction of sp³-hybridized carbons (Fsp3) is 0.565. The molecule has 3 saturated heterocycles. The second kappa shape index (κ2) is 9.28. The van der Waals surface area contributed by atoms with E-state index in [1.165, 1.54) is 0 Å². The van der Waals surface area contributed by atoms with Crippen LogP contribution in [-0.4, -0.2) is 71.3 Å². The SMILES string of the molecule is O=C(NCCCN1CCCC1=O)[C@@H]1C[C@H]2CCCN2[C@]12C(=O)Nc1ccccc12.O=CO. The highest BCUT2D eigenvalue weighted by atomic mass is 16.3. The average molecular weight is 443 g/mol. The summed E-state index contributed by atoms with van der Waals surface area (Å²) in [6.07, 6.45) is 5.15. The normalized spacial score (nSPS) is 28.2. The Morgan fingerprint density at radius 2 is 2.03 bits per heavy atom. The largest absolute Gasteiger partial charge is 0.483 e. The summed E-state index contributed by atoms with van der Waals surface area (Å²) in [5.74, 6) is -0.277. The summed E-state index contributed by atoms with van der Waals surface area (Å²) >= 11 is 0. The lowest BCUT2D eigenvalue weighted by Crippen LogP contribution is -2.54. The molecule has 0 bridgehead atoms. The molecule has 4 aliphatic heterocycles. The standard InChI is InChI=1S/C22H28N4O3.CH2O2/c27-19-9-4-11-25(19)12-5-10-23-20(28)17-14-15-6-3-13-26(15)22(17)16-7-1-2-8-18(16)24-21(22)29;2-1-3/h1-2,7-8,15,17H,3-6,9-14H2,(H,23,28)(H,24,29);1H,(H,2,3)/t15-,17+,22+;/m1./s1. The number of nitrogens with zero attached hydrogens (tertiary/aromatic N) is 2. The number of fused-ring (bicyclic) bond motifs is 4. The average Bonchev–Trinajstić information content (AvgIpc) is 3.52. The quantitative estimate of drug-likeness (QED) is 0.465. The molecule has 4 aliphatic rings. The van der Waals surface area contributed by atoms with Crippen LogP contribution in [0.3, 0.4) is 0 Å². The van der Waals surface area contributed by atoms with Crippen molar-refractivity contribution in [3.8, 4) is 0 Å². The van der Waals surface area contributed by atoms with Gasteiger partial charge >= 0.3 is 0 Å². The van der Waals surface area contributed by atoms with E-state index in [9.17, 15) is 14.4 Å². The maximum absolute atomic E-state index is 13.3. The fourth-order valence-electron chi connectivity index (χ4n) is 5.93. The van der Waals surface area contributed by atoms with Crippen LogP contribution in [0.1, 0.15) is 44.1 Å². The van der Waals surface area contributed by atoms with Crippen molar-refractivity contribution in [1.82, 2.24) is 15.1 Å². The molecule has 9 nitrogen and oxygen atoms in total. The van der Waals surface area contributed by atoms with Crippen molar-refractivity contribution in [1.29, 1.82) is 0 Å². The van der Waals surface area contributed by atoms with Gasteiger partial charge in [0.1, 0.15) is 5.54 Å². The molecule has 0 aliphatic carbocycles. The molecule has 5 rings (SSSR count). The van der Waals surface area contributed by atoms with E-state index in [0.717, 1.165) is 56.4 Å². The van der Waals surface area contributed by atoms with Gasteiger partial charge in [-0.25, -0.2) is 0 Å². The highest BCUT2D eigenvalue weighted by Crippen LogP contribution is 2.55. The summed E-state index contributed by atoms with van der Waals surface area (Å²) in [5, 5.41) is 13.0. The summed E-state index contributed by atoms with van der Waals surface area (Å²) in [6, 6.07) is 8.07. The molecule has 1 aromatic carbocycles. The van der Waals surface area contributed by atoms with E-state index in [4.69, 9.17) is 9.90 Å². The van der Waals surface area contributed by atoms with Gasteiger partial charge in [-0.2, -0.15) is 0 Å². The third kappa shape index (κ3) is 3.64. The van der Waals surface area contributed by atoms with Gasteiger partial charge in [0.15, 0.2) is 0 Å². The first-order valence-electron chi connectivity index (χ1n) is 11.3. The molecule has 1 spiro atoms. The van der Waals surface area contributed by atoms with Gasteiger partial charge in [0.05, 0.1) is 5.92 Å². The molecule has 172 valence electrons. The van der Waals surface area contributed by atoms with Crippen LogP contribution in [0.25, 0.3) is 0 Å². The van der Waals surface area contributed by atoms with E-state index < -0.39 is 5.54 Å². The maximum Gasteiger partial charge on any atom is 0.290 e. The van der Waals surface area contributed by atoms with Gasteiger partial charge in [-0.3, -0.25) is 24.1 Å². The van der Waals surface area contributed by atoms with E-state index in [1.807, 2.05) is 29.2 Å². The monoisotopic (exact) mass is 442 g/mol. The number of likely N-dealkylation sites (tertiary alicyclic amines) is 1. The third-order valence-corrected chi connectivity index (χ3v) is 7.17. The molecule has 1 aromatic rings. The molecule has 3 fully saturated rings. The lowest BCUT2D eigenvalue weighted by Gasteiger charge is -2.36. The van der Waals surface area contributed by atoms with Crippen LogP contribution in [0, 0.1) is 5.92 Å². The number of carbonyl (C=O) groups is 4. The number of carboxylic acid groups (broad SMARTS) is 1. The molecule has 0 aromatic heterocycles. The predicted molar refractivity (Wildman–Crippen MR) is 117 cm³/mol. The molecular weight excluding hydrogens is 412 g/mol. The van der Waals surface area contributed by atoms with Crippen molar-refractivity contribution in [2.45, 2.75) is 50.1 Å². The van der Waals surface area contributed by atoms with Gasteiger partial charge in [0.25, 0.3) is 6.47 Å². The first-order chi connectivity index (χ1) is 15.5. The summed E-state index contributed by atoms with van der Waals surface area (Å²) in [7, 11) is 0. The molecule has 0 saturated carbocycles. The number of benzene rings is 1. The summed E-state index contributed by atoms with van der Waals surface area (Å²) in [6.45, 7) is 2.65. The Kier molecular flexibility index (Phi) is 6.45. The van der Waals surface area contributed by atoms with Crippen molar-refractivity contribution in [3.63, 3.8) is 0 Å². The number of rotatable bonds is 5. The Labute approximate surface area is 187 Å². The van der Waals surface area contributed by atoms with E-state index in [0.29, 0.717) is 19.5 Å². The number of para-hydroxylation sites is 1. The molecule has 0 unspecified atom stereocenters. The van der Waals surface area contributed by atoms with Crippen molar-refractivity contribution >= 4 is 29.9 Å². The third-order valence-electron chi connectivity index (χ3n) is 7.17. The van der Waals surface area contributed by atoms with Crippen LogP contribution >= 0.6 is 0 Å². The van der Waals surface area contributed by atoms with Gasteiger partial charge < -0.3 is 20.6 Å². The molecule has 0 radical (unpaired) electrons. The smallest absolute Gasteiger partial charge is 0.290 e. The van der Waals surface area contributed by atoms with Gasteiger partial charge in [-0.15, -0.1) is 0 Å². The van der Waals surface area contributed by atoms with Crippen molar-refractivity contribution in [2.24, 2.45) is 5.92 Å². The van der Waals surface area contributed by atoms with Crippen LogP contribution in [0.5, 0.6) is 0 Å². The number of amides is 3. The number of anilines is 1. The zero-order chi connectivity index (χ0) is 22.7. The van der Waals surface area contributed by atoms with Crippen molar-refractivity contribution < 1.29 is 24.3 Å². The Morgan fingerprint density at radius 3 is 2.78 bits per heavy atom. The summed E-state index contributed by atoms with van der Waals surface area (Å²) in [4.78, 5) is 50.8. The van der Waals surface area contributed by atoms with E-state index in [-0.39, 0.29) is 36.2 Å².